The van der Waals surface area contributed by atoms with E-state index in [0.717, 1.165) is 24.8 Å². The number of pyridine rings is 1. The molecule has 1 aliphatic rings. The minimum absolute atomic E-state index is 0.0706. The average molecular weight is 189 g/mol. The number of aryl methyl sites for hydroxylation is 1. The van der Waals surface area contributed by atoms with Gasteiger partial charge in [-0.15, -0.1) is 0 Å². The first kappa shape index (κ1) is 9.06. The molecule has 0 amide bonds. The minimum Gasteiger partial charge on any atom is -0.296 e. The number of Topliss-reactive ketones (excluding diaryl/α,β-unsaturated/α-hetero) is 1. The monoisotopic (exact) mass is 189 g/mol. The van der Waals surface area contributed by atoms with Gasteiger partial charge in [0.25, 0.3) is 0 Å². The van der Waals surface area contributed by atoms with Crippen LogP contribution in [0.5, 0.6) is 0 Å². The van der Waals surface area contributed by atoms with E-state index in [-0.39, 0.29) is 5.78 Å². The molecule has 1 heterocycles. The quantitative estimate of drug-likeness (QED) is 0.500. The van der Waals surface area contributed by atoms with Gasteiger partial charge < -0.3 is 0 Å². The van der Waals surface area contributed by atoms with E-state index >= 15 is 0 Å². The molecular weight excluding hydrogens is 178 g/mol. The number of nitrogens with zero attached hydrogens (tertiary/aromatic N) is 1. The average Bonchev–Trinajstić information content (AvgIpc) is 2.40. The van der Waals surface area contributed by atoms with Gasteiger partial charge in [-0.3, -0.25) is 9.59 Å². The SMILES string of the molecule is O=Cc1ccc2c(n1)C(=O)CCCC2. The fourth-order valence-corrected chi connectivity index (χ4v) is 1.73. The summed E-state index contributed by atoms with van der Waals surface area (Å²) in [5.41, 5.74) is 1.84. The lowest BCUT2D eigenvalue weighted by molar-refractivity contribution is 0.0977. The predicted octanol–water partition coefficient (Wildman–Crippen LogP) is 1.80. The Labute approximate surface area is 82.2 Å². The number of rotatable bonds is 1. The third kappa shape index (κ3) is 1.58. The zero-order valence-electron chi connectivity index (χ0n) is 7.82. The van der Waals surface area contributed by atoms with Crippen LogP contribution in [-0.4, -0.2) is 17.1 Å². The van der Waals surface area contributed by atoms with Gasteiger partial charge in [0, 0.05) is 6.42 Å². The number of carbonyl (C=O) groups is 2. The molecule has 3 nitrogen and oxygen atoms in total. The summed E-state index contributed by atoms with van der Waals surface area (Å²) < 4.78 is 0. The summed E-state index contributed by atoms with van der Waals surface area (Å²) in [6, 6.07) is 3.51. The molecular formula is C11H11NO2. The van der Waals surface area contributed by atoms with Crippen molar-refractivity contribution in [2.24, 2.45) is 0 Å². The number of hydrogen-bond acceptors (Lipinski definition) is 3. The lowest BCUT2D eigenvalue weighted by atomic mass is 10.1. The highest BCUT2D eigenvalue weighted by atomic mass is 16.1. The molecule has 0 aromatic carbocycles. The third-order valence-electron chi connectivity index (χ3n) is 2.49. The maximum absolute atomic E-state index is 11.6. The molecule has 0 atom stereocenters. The molecule has 0 radical (unpaired) electrons. The molecule has 0 N–H and O–H groups in total. The summed E-state index contributed by atoms with van der Waals surface area (Å²) in [7, 11) is 0. The van der Waals surface area contributed by atoms with Crippen molar-refractivity contribution in [3.05, 3.63) is 29.1 Å². The van der Waals surface area contributed by atoms with Crippen LogP contribution in [0.1, 0.15) is 45.8 Å². The maximum Gasteiger partial charge on any atom is 0.181 e. The smallest absolute Gasteiger partial charge is 0.181 e. The van der Waals surface area contributed by atoms with Crippen molar-refractivity contribution >= 4 is 12.1 Å². The minimum atomic E-state index is 0.0706. The van der Waals surface area contributed by atoms with Crippen molar-refractivity contribution < 1.29 is 9.59 Å². The van der Waals surface area contributed by atoms with Crippen molar-refractivity contribution in [2.45, 2.75) is 25.7 Å². The topological polar surface area (TPSA) is 47.0 Å². The molecule has 1 aliphatic carbocycles. The van der Waals surface area contributed by atoms with E-state index in [4.69, 9.17) is 0 Å². The van der Waals surface area contributed by atoms with Gasteiger partial charge in [0.05, 0.1) is 0 Å². The lowest BCUT2D eigenvalue weighted by Crippen LogP contribution is -2.05. The number of aldehydes is 1. The zero-order chi connectivity index (χ0) is 9.97. The van der Waals surface area contributed by atoms with E-state index in [2.05, 4.69) is 4.98 Å². The highest BCUT2D eigenvalue weighted by Gasteiger charge is 2.16. The summed E-state index contributed by atoms with van der Waals surface area (Å²) in [5, 5.41) is 0. The summed E-state index contributed by atoms with van der Waals surface area (Å²) in [6.07, 6.45) is 4.08. The Balaban J connectivity index is 2.49. The standard InChI is InChI=1S/C11H11NO2/c13-7-9-6-5-8-3-1-2-4-10(14)11(8)12-9/h5-7H,1-4H2. The van der Waals surface area contributed by atoms with Gasteiger partial charge in [-0.05, 0) is 30.9 Å². The number of aromatic nitrogens is 1. The molecule has 0 unspecified atom stereocenters. The van der Waals surface area contributed by atoms with Gasteiger partial charge in [-0.25, -0.2) is 4.98 Å². The Morgan fingerprint density at radius 3 is 2.79 bits per heavy atom. The summed E-state index contributed by atoms with van der Waals surface area (Å²) >= 11 is 0. The second-order valence-electron chi connectivity index (χ2n) is 3.49. The summed E-state index contributed by atoms with van der Waals surface area (Å²) in [6.45, 7) is 0. The molecule has 0 fully saturated rings. The van der Waals surface area contributed by atoms with Crippen molar-refractivity contribution in [1.29, 1.82) is 0 Å². The Morgan fingerprint density at radius 2 is 2.00 bits per heavy atom. The molecule has 0 saturated carbocycles. The van der Waals surface area contributed by atoms with E-state index in [1.165, 1.54) is 0 Å². The van der Waals surface area contributed by atoms with Crippen LogP contribution in [0.3, 0.4) is 0 Å². The van der Waals surface area contributed by atoms with Crippen molar-refractivity contribution in [3.63, 3.8) is 0 Å². The lowest BCUT2D eigenvalue weighted by Gasteiger charge is -2.02. The van der Waals surface area contributed by atoms with Gasteiger partial charge in [0.1, 0.15) is 11.4 Å². The van der Waals surface area contributed by atoms with Gasteiger partial charge >= 0.3 is 0 Å². The molecule has 3 heteroatoms. The number of hydrogen-bond donors (Lipinski definition) is 0. The van der Waals surface area contributed by atoms with Gasteiger partial charge in [0.2, 0.25) is 0 Å². The van der Waals surface area contributed by atoms with Crippen LogP contribution >= 0.6 is 0 Å². The molecule has 0 bridgehead atoms. The molecule has 1 aromatic heterocycles. The Hall–Kier alpha value is -1.51. The van der Waals surface area contributed by atoms with E-state index in [0.29, 0.717) is 24.1 Å². The number of fused-ring (bicyclic) bond motifs is 1. The van der Waals surface area contributed by atoms with E-state index in [9.17, 15) is 9.59 Å². The molecule has 0 saturated heterocycles. The highest BCUT2D eigenvalue weighted by molar-refractivity contribution is 5.96. The Morgan fingerprint density at radius 1 is 1.21 bits per heavy atom. The van der Waals surface area contributed by atoms with E-state index in [1.54, 1.807) is 6.07 Å². The van der Waals surface area contributed by atoms with Crippen LogP contribution in [-0.2, 0) is 6.42 Å². The van der Waals surface area contributed by atoms with Gasteiger partial charge in [0.15, 0.2) is 12.1 Å². The first-order chi connectivity index (χ1) is 6.81. The fraction of sp³-hybridized carbons (Fsp3) is 0.364. The predicted molar refractivity (Wildman–Crippen MR) is 51.5 cm³/mol. The van der Waals surface area contributed by atoms with Crippen LogP contribution in [0.25, 0.3) is 0 Å². The molecule has 2 rings (SSSR count). The van der Waals surface area contributed by atoms with Gasteiger partial charge in [-0.2, -0.15) is 0 Å². The van der Waals surface area contributed by atoms with Crippen molar-refractivity contribution in [1.82, 2.24) is 4.98 Å². The van der Waals surface area contributed by atoms with E-state index in [1.807, 2.05) is 6.07 Å². The number of carbonyl (C=O) groups excluding carboxylic acids is 2. The summed E-state index contributed by atoms with van der Waals surface area (Å²) in [5.74, 6) is 0.0706. The number of ketones is 1. The molecule has 14 heavy (non-hydrogen) atoms. The van der Waals surface area contributed by atoms with Crippen LogP contribution in [0, 0.1) is 0 Å². The van der Waals surface area contributed by atoms with Crippen LogP contribution < -0.4 is 0 Å². The fourth-order valence-electron chi connectivity index (χ4n) is 1.73. The first-order valence-electron chi connectivity index (χ1n) is 4.79. The largest absolute Gasteiger partial charge is 0.296 e. The highest BCUT2D eigenvalue weighted by Crippen LogP contribution is 2.18. The molecule has 0 aliphatic heterocycles. The molecule has 72 valence electrons. The second kappa shape index (κ2) is 3.70. The molecule has 0 spiro atoms. The first-order valence-corrected chi connectivity index (χ1v) is 4.79. The van der Waals surface area contributed by atoms with Gasteiger partial charge in [-0.1, -0.05) is 6.07 Å². The normalized spacial score (nSPS) is 15.9. The summed E-state index contributed by atoms with van der Waals surface area (Å²) in [4.78, 5) is 26.2. The van der Waals surface area contributed by atoms with Crippen molar-refractivity contribution in [2.75, 3.05) is 0 Å². The third-order valence-corrected chi connectivity index (χ3v) is 2.49. The zero-order valence-corrected chi connectivity index (χ0v) is 7.82. The van der Waals surface area contributed by atoms with Crippen LogP contribution in [0.4, 0.5) is 0 Å². The van der Waals surface area contributed by atoms with Crippen LogP contribution in [0.2, 0.25) is 0 Å². The molecule has 1 aromatic rings. The maximum atomic E-state index is 11.6. The van der Waals surface area contributed by atoms with Crippen LogP contribution in [0.15, 0.2) is 12.1 Å². The second-order valence-corrected chi connectivity index (χ2v) is 3.49. The Bertz CT molecular complexity index is 385. The van der Waals surface area contributed by atoms with E-state index < -0.39 is 0 Å². The Kier molecular flexibility index (Phi) is 2.39. The van der Waals surface area contributed by atoms with Crippen molar-refractivity contribution in [3.8, 4) is 0 Å².